The molecule has 0 unspecified atom stereocenters. The highest BCUT2D eigenvalue weighted by Gasteiger charge is 2.23. The molecule has 1 saturated heterocycles. The first-order valence-electron chi connectivity index (χ1n) is 6.91. The Bertz CT molecular complexity index is 221. The van der Waals surface area contributed by atoms with Crippen molar-refractivity contribution in [1.29, 1.82) is 0 Å². The molecule has 0 saturated carbocycles. The van der Waals surface area contributed by atoms with Gasteiger partial charge in [0.25, 0.3) is 0 Å². The maximum atomic E-state index is 11.7. The van der Waals surface area contributed by atoms with Gasteiger partial charge in [-0.15, -0.1) is 0 Å². The minimum Gasteiger partial charge on any atom is -0.343 e. The smallest absolute Gasteiger partial charge is 0.223 e. The summed E-state index contributed by atoms with van der Waals surface area (Å²) in [5, 5.41) is 0. The van der Waals surface area contributed by atoms with Crippen molar-refractivity contribution in [2.45, 2.75) is 33.1 Å². The van der Waals surface area contributed by atoms with Gasteiger partial charge in [-0.25, -0.2) is 0 Å². The number of nitrogens with two attached hydrogens (primary N) is 1. The monoisotopic (exact) mass is 241 g/mol. The largest absolute Gasteiger partial charge is 0.343 e. The molecule has 0 aromatic carbocycles. The van der Waals surface area contributed by atoms with Gasteiger partial charge in [0, 0.05) is 32.6 Å². The van der Waals surface area contributed by atoms with E-state index in [1.54, 1.807) is 0 Å². The third-order valence-corrected chi connectivity index (χ3v) is 3.74. The van der Waals surface area contributed by atoms with Crippen LogP contribution in [0.3, 0.4) is 0 Å². The van der Waals surface area contributed by atoms with Crippen LogP contribution < -0.4 is 5.73 Å². The van der Waals surface area contributed by atoms with E-state index in [0.717, 1.165) is 44.9 Å². The fourth-order valence-electron chi connectivity index (χ4n) is 2.49. The molecule has 0 aliphatic carbocycles. The fraction of sp³-hybridized carbons (Fsp3) is 0.923. The van der Waals surface area contributed by atoms with Crippen LogP contribution >= 0.6 is 0 Å². The molecule has 2 N–H and O–H groups in total. The van der Waals surface area contributed by atoms with E-state index in [1.165, 1.54) is 6.54 Å². The third kappa shape index (κ3) is 4.64. The molecule has 1 aliphatic heterocycles. The van der Waals surface area contributed by atoms with Crippen LogP contribution in [0, 0.1) is 5.92 Å². The Morgan fingerprint density at radius 3 is 2.35 bits per heavy atom. The van der Waals surface area contributed by atoms with Crippen LogP contribution in [0.4, 0.5) is 0 Å². The lowest BCUT2D eigenvalue weighted by molar-refractivity contribution is -0.132. The fourth-order valence-corrected chi connectivity index (χ4v) is 2.49. The van der Waals surface area contributed by atoms with Crippen LogP contribution in [0.2, 0.25) is 0 Å². The zero-order valence-electron chi connectivity index (χ0n) is 11.3. The van der Waals surface area contributed by atoms with Gasteiger partial charge in [0.2, 0.25) is 5.91 Å². The zero-order chi connectivity index (χ0) is 12.7. The molecule has 0 spiro atoms. The Labute approximate surface area is 105 Å². The van der Waals surface area contributed by atoms with E-state index in [9.17, 15) is 4.79 Å². The topological polar surface area (TPSA) is 49.6 Å². The van der Waals surface area contributed by atoms with Gasteiger partial charge in [0.15, 0.2) is 0 Å². The summed E-state index contributed by atoms with van der Waals surface area (Å²) in [5.41, 5.74) is 5.41. The first kappa shape index (κ1) is 14.5. The van der Waals surface area contributed by atoms with Gasteiger partial charge in [-0.05, 0) is 31.8 Å². The predicted octanol–water partition coefficient (Wildman–Crippen LogP) is 0.916. The summed E-state index contributed by atoms with van der Waals surface area (Å²) < 4.78 is 0. The summed E-state index contributed by atoms with van der Waals surface area (Å²) in [4.78, 5) is 16.1. The lowest BCUT2D eigenvalue weighted by Crippen LogP contribution is -2.42. The van der Waals surface area contributed by atoms with Crippen molar-refractivity contribution < 1.29 is 4.79 Å². The molecule has 1 rings (SSSR count). The molecule has 0 bridgehead atoms. The highest BCUT2D eigenvalue weighted by molar-refractivity contribution is 5.76. The Kier molecular flexibility index (Phi) is 6.52. The number of carbonyl (C=O) groups is 1. The van der Waals surface area contributed by atoms with Gasteiger partial charge in [-0.2, -0.15) is 0 Å². The molecule has 4 nitrogen and oxygen atoms in total. The molecule has 100 valence electrons. The van der Waals surface area contributed by atoms with Gasteiger partial charge < -0.3 is 15.5 Å². The van der Waals surface area contributed by atoms with Crippen LogP contribution in [-0.2, 0) is 4.79 Å². The molecule has 17 heavy (non-hydrogen) atoms. The van der Waals surface area contributed by atoms with Crippen molar-refractivity contribution in [3.05, 3.63) is 0 Å². The van der Waals surface area contributed by atoms with Gasteiger partial charge >= 0.3 is 0 Å². The Morgan fingerprint density at radius 2 is 1.88 bits per heavy atom. The van der Waals surface area contributed by atoms with E-state index < -0.39 is 0 Å². The minimum atomic E-state index is 0.230. The van der Waals surface area contributed by atoms with Crippen LogP contribution in [-0.4, -0.2) is 55.0 Å². The maximum Gasteiger partial charge on any atom is 0.223 e. The zero-order valence-corrected chi connectivity index (χ0v) is 11.3. The lowest BCUT2D eigenvalue weighted by atomic mass is 9.96. The van der Waals surface area contributed by atoms with E-state index >= 15 is 0 Å². The number of hydrogen-bond donors (Lipinski definition) is 1. The Morgan fingerprint density at radius 1 is 1.29 bits per heavy atom. The SMILES string of the molecule is CCN(CC)CC1CCN(C(=O)CCN)CC1. The third-order valence-electron chi connectivity index (χ3n) is 3.74. The molecule has 0 atom stereocenters. The summed E-state index contributed by atoms with van der Waals surface area (Å²) >= 11 is 0. The highest BCUT2D eigenvalue weighted by atomic mass is 16.2. The summed E-state index contributed by atoms with van der Waals surface area (Å²) in [5.74, 6) is 0.991. The van der Waals surface area contributed by atoms with E-state index in [2.05, 4.69) is 18.7 Å². The standard InChI is InChI=1S/C13H27N3O/c1-3-15(4-2)11-12-6-9-16(10-7-12)13(17)5-8-14/h12H,3-11,14H2,1-2H3. The number of hydrogen-bond acceptors (Lipinski definition) is 3. The van der Waals surface area contributed by atoms with E-state index in [1.807, 2.05) is 4.90 Å². The summed E-state index contributed by atoms with van der Waals surface area (Å²) in [7, 11) is 0. The van der Waals surface area contributed by atoms with Crippen molar-refractivity contribution in [3.8, 4) is 0 Å². The van der Waals surface area contributed by atoms with Gasteiger partial charge in [0.1, 0.15) is 0 Å². The van der Waals surface area contributed by atoms with Crippen molar-refractivity contribution in [2.24, 2.45) is 11.7 Å². The van der Waals surface area contributed by atoms with Crippen LogP contribution in [0.15, 0.2) is 0 Å². The summed E-state index contributed by atoms with van der Waals surface area (Å²) in [6, 6.07) is 0. The van der Waals surface area contributed by atoms with E-state index in [4.69, 9.17) is 5.73 Å². The summed E-state index contributed by atoms with van der Waals surface area (Å²) in [6.45, 7) is 10.2. The van der Waals surface area contributed by atoms with E-state index in [0.29, 0.717) is 13.0 Å². The number of rotatable bonds is 6. The lowest BCUT2D eigenvalue weighted by Gasteiger charge is -2.34. The summed E-state index contributed by atoms with van der Waals surface area (Å²) in [6.07, 6.45) is 2.79. The number of carbonyl (C=O) groups excluding carboxylic acids is 1. The molecular weight excluding hydrogens is 214 g/mol. The van der Waals surface area contributed by atoms with Crippen LogP contribution in [0.25, 0.3) is 0 Å². The molecule has 0 radical (unpaired) electrons. The first-order valence-corrected chi connectivity index (χ1v) is 6.91. The second kappa shape index (κ2) is 7.67. The quantitative estimate of drug-likeness (QED) is 0.752. The molecule has 0 aromatic heterocycles. The normalized spacial score (nSPS) is 17.8. The molecule has 1 heterocycles. The molecule has 1 aliphatic rings. The minimum absolute atomic E-state index is 0.230. The average molecular weight is 241 g/mol. The second-order valence-corrected chi connectivity index (χ2v) is 4.85. The van der Waals surface area contributed by atoms with Gasteiger partial charge in [0.05, 0.1) is 0 Å². The number of piperidine rings is 1. The number of likely N-dealkylation sites (tertiary alicyclic amines) is 1. The van der Waals surface area contributed by atoms with Crippen molar-refractivity contribution in [3.63, 3.8) is 0 Å². The van der Waals surface area contributed by atoms with E-state index in [-0.39, 0.29) is 5.91 Å². The predicted molar refractivity (Wildman–Crippen MR) is 70.8 cm³/mol. The Balaban J connectivity index is 2.28. The van der Waals surface area contributed by atoms with Crippen LogP contribution in [0.5, 0.6) is 0 Å². The van der Waals surface area contributed by atoms with Gasteiger partial charge in [-0.3, -0.25) is 4.79 Å². The van der Waals surface area contributed by atoms with Crippen LogP contribution in [0.1, 0.15) is 33.1 Å². The highest BCUT2D eigenvalue weighted by Crippen LogP contribution is 2.18. The van der Waals surface area contributed by atoms with Gasteiger partial charge in [-0.1, -0.05) is 13.8 Å². The average Bonchev–Trinajstić information content (AvgIpc) is 2.37. The first-order chi connectivity index (χ1) is 8.21. The molecule has 4 heteroatoms. The molecule has 1 amide bonds. The number of nitrogens with zero attached hydrogens (tertiary/aromatic N) is 2. The number of amides is 1. The van der Waals surface area contributed by atoms with Crippen molar-refractivity contribution in [1.82, 2.24) is 9.80 Å². The van der Waals surface area contributed by atoms with Crippen molar-refractivity contribution in [2.75, 3.05) is 39.3 Å². The molecular formula is C13H27N3O. The molecule has 0 aromatic rings. The van der Waals surface area contributed by atoms with Crippen molar-refractivity contribution >= 4 is 5.91 Å². The Hall–Kier alpha value is -0.610. The molecule has 1 fully saturated rings. The second-order valence-electron chi connectivity index (χ2n) is 4.85. The maximum absolute atomic E-state index is 11.7.